The van der Waals surface area contributed by atoms with Crippen molar-refractivity contribution in [3.63, 3.8) is 0 Å². The highest BCUT2D eigenvalue weighted by Gasteiger charge is 2.30. The van der Waals surface area contributed by atoms with E-state index in [1.165, 1.54) is 9.87 Å². The second kappa shape index (κ2) is 7.55. The molecule has 1 N–H and O–H groups in total. The molecule has 0 bridgehead atoms. The number of hydrogen-bond acceptors (Lipinski definition) is 3. The molecular formula is C19H20FNO4S. The van der Waals surface area contributed by atoms with E-state index in [1.54, 1.807) is 0 Å². The summed E-state index contributed by atoms with van der Waals surface area (Å²) in [6.45, 7) is 0.749. The fraction of sp³-hybridized carbons (Fsp3) is 0.316. The monoisotopic (exact) mass is 377 g/mol. The van der Waals surface area contributed by atoms with Gasteiger partial charge in [0.05, 0.1) is 10.5 Å². The van der Waals surface area contributed by atoms with Gasteiger partial charge in [-0.05, 0) is 48.9 Å². The molecule has 1 saturated heterocycles. The molecule has 1 heterocycles. The van der Waals surface area contributed by atoms with E-state index in [2.05, 4.69) is 12.1 Å². The van der Waals surface area contributed by atoms with Gasteiger partial charge < -0.3 is 5.11 Å². The fourth-order valence-corrected chi connectivity index (χ4v) is 4.78. The maximum absolute atomic E-state index is 13.5. The Morgan fingerprint density at radius 3 is 2.38 bits per heavy atom. The van der Waals surface area contributed by atoms with Crippen molar-refractivity contribution in [1.29, 1.82) is 0 Å². The molecule has 0 unspecified atom stereocenters. The van der Waals surface area contributed by atoms with E-state index in [1.807, 2.05) is 18.2 Å². The molecule has 0 aliphatic carbocycles. The average Bonchev–Trinajstić information content (AvgIpc) is 2.63. The average molecular weight is 377 g/mol. The van der Waals surface area contributed by atoms with E-state index in [4.69, 9.17) is 5.11 Å². The molecule has 0 saturated carbocycles. The van der Waals surface area contributed by atoms with Gasteiger partial charge in [-0.25, -0.2) is 17.6 Å². The van der Waals surface area contributed by atoms with Crippen molar-refractivity contribution < 1.29 is 22.7 Å². The Morgan fingerprint density at radius 2 is 1.77 bits per heavy atom. The summed E-state index contributed by atoms with van der Waals surface area (Å²) in [5.74, 6) is -2.02. The Bertz CT molecular complexity index is 891. The van der Waals surface area contributed by atoms with Gasteiger partial charge in [0.1, 0.15) is 5.82 Å². The first-order chi connectivity index (χ1) is 12.4. The van der Waals surface area contributed by atoms with Crippen molar-refractivity contribution in [2.24, 2.45) is 5.92 Å². The molecule has 2 aromatic rings. The lowest BCUT2D eigenvalue weighted by Gasteiger charge is -2.31. The lowest BCUT2D eigenvalue weighted by molar-refractivity contribution is 0.0691. The molecule has 7 heteroatoms. The molecule has 0 atom stereocenters. The number of nitrogens with zero attached hydrogens (tertiary/aromatic N) is 1. The predicted octanol–water partition coefficient (Wildman–Crippen LogP) is 3.17. The molecule has 138 valence electrons. The molecule has 1 aliphatic heterocycles. The topological polar surface area (TPSA) is 74.7 Å². The number of benzene rings is 2. The number of carboxylic acids is 1. The lowest BCUT2D eigenvalue weighted by Crippen LogP contribution is -2.39. The van der Waals surface area contributed by atoms with Gasteiger partial charge in [0.25, 0.3) is 0 Å². The third-order valence-corrected chi connectivity index (χ3v) is 6.64. The van der Waals surface area contributed by atoms with Gasteiger partial charge in [-0.2, -0.15) is 4.31 Å². The minimum atomic E-state index is -3.83. The van der Waals surface area contributed by atoms with E-state index < -0.39 is 27.4 Å². The molecule has 0 amide bonds. The van der Waals surface area contributed by atoms with Crippen LogP contribution in [0.15, 0.2) is 53.4 Å². The zero-order valence-corrected chi connectivity index (χ0v) is 15.0. The first kappa shape index (κ1) is 18.5. The van der Waals surface area contributed by atoms with E-state index in [0.29, 0.717) is 19.0 Å². The van der Waals surface area contributed by atoms with Gasteiger partial charge in [0, 0.05) is 13.1 Å². The summed E-state index contributed by atoms with van der Waals surface area (Å²) in [7, 11) is -3.83. The van der Waals surface area contributed by atoms with Crippen LogP contribution in [0.2, 0.25) is 0 Å². The summed E-state index contributed by atoms with van der Waals surface area (Å²) in [6.07, 6.45) is 2.39. The van der Waals surface area contributed by atoms with Gasteiger partial charge in [-0.3, -0.25) is 0 Å². The van der Waals surface area contributed by atoms with Gasteiger partial charge in [0.2, 0.25) is 10.0 Å². The van der Waals surface area contributed by atoms with Crippen molar-refractivity contribution in [1.82, 2.24) is 4.31 Å². The molecule has 3 rings (SSSR count). The largest absolute Gasteiger partial charge is 0.478 e. The van der Waals surface area contributed by atoms with Crippen molar-refractivity contribution >= 4 is 16.0 Å². The van der Waals surface area contributed by atoms with E-state index in [-0.39, 0.29) is 4.90 Å². The predicted molar refractivity (Wildman–Crippen MR) is 95.0 cm³/mol. The first-order valence-electron chi connectivity index (χ1n) is 8.45. The molecule has 26 heavy (non-hydrogen) atoms. The minimum Gasteiger partial charge on any atom is -0.478 e. The van der Waals surface area contributed by atoms with Gasteiger partial charge in [-0.1, -0.05) is 30.3 Å². The van der Waals surface area contributed by atoms with Crippen LogP contribution in [0.4, 0.5) is 4.39 Å². The van der Waals surface area contributed by atoms with Crippen LogP contribution >= 0.6 is 0 Å². The van der Waals surface area contributed by atoms with Crippen LogP contribution in [-0.2, 0) is 16.4 Å². The SMILES string of the molecule is O=C(O)c1cc(S(=O)(=O)N2CCC(Cc3ccccc3)CC2)ccc1F. The Labute approximate surface area is 152 Å². The van der Waals surface area contributed by atoms with Crippen LogP contribution in [0.25, 0.3) is 0 Å². The molecule has 0 aromatic heterocycles. The highest BCUT2D eigenvalue weighted by molar-refractivity contribution is 7.89. The molecule has 2 aromatic carbocycles. The number of rotatable bonds is 5. The van der Waals surface area contributed by atoms with Crippen LogP contribution in [0, 0.1) is 11.7 Å². The van der Waals surface area contributed by atoms with Crippen LogP contribution < -0.4 is 0 Å². The first-order valence-corrected chi connectivity index (χ1v) is 9.89. The Hall–Kier alpha value is -2.25. The maximum atomic E-state index is 13.5. The fourth-order valence-electron chi connectivity index (χ4n) is 3.28. The second-order valence-corrected chi connectivity index (χ2v) is 8.42. The smallest absolute Gasteiger partial charge is 0.338 e. The molecular weight excluding hydrogens is 357 g/mol. The summed E-state index contributed by atoms with van der Waals surface area (Å²) < 4.78 is 40.4. The Morgan fingerprint density at radius 1 is 1.12 bits per heavy atom. The highest BCUT2D eigenvalue weighted by Crippen LogP contribution is 2.27. The molecule has 0 spiro atoms. The number of hydrogen-bond donors (Lipinski definition) is 1. The van der Waals surface area contributed by atoms with Gasteiger partial charge in [0.15, 0.2) is 0 Å². The Kier molecular flexibility index (Phi) is 5.38. The van der Waals surface area contributed by atoms with Crippen LogP contribution in [0.3, 0.4) is 0 Å². The molecule has 0 radical (unpaired) electrons. The zero-order valence-electron chi connectivity index (χ0n) is 14.1. The van der Waals surface area contributed by atoms with E-state index in [9.17, 15) is 17.6 Å². The normalized spacial score (nSPS) is 16.5. The van der Waals surface area contributed by atoms with E-state index in [0.717, 1.165) is 37.5 Å². The van der Waals surface area contributed by atoms with Gasteiger partial charge >= 0.3 is 5.97 Å². The molecule has 1 fully saturated rings. The number of carbonyl (C=O) groups is 1. The van der Waals surface area contributed by atoms with Crippen LogP contribution in [0.5, 0.6) is 0 Å². The third kappa shape index (κ3) is 3.94. The van der Waals surface area contributed by atoms with Crippen molar-refractivity contribution in [3.05, 3.63) is 65.5 Å². The zero-order chi connectivity index (χ0) is 18.7. The lowest BCUT2D eigenvalue weighted by atomic mass is 9.91. The van der Waals surface area contributed by atoms with Crippen LogP contribution in [-0.4, -0.2) is 36.9 Å². The summed E-state index contributed by atoms with van der Waals surface area (Å²) in [6, 6.07) is 13.0. The third-order valence-electron chi connectivity index (χ3n) is 4.75. The Balaban J connectivity index is 1.70. The minimum absolute atomic E-state index is 0.183. The summed E-state index contributed by atoms with van der Waals surface area (Å²) >= 11 is 0. The van der Waals surface area contributed by atoms with Crippen molar-refractivity contribution in [2.75, 3.05) is 13.1 Å². The standard InChI is InChI=1S/C19H20FNO4S/c20-18-7-6-16(13-17(18)19(22)23)26(24,25)21-10-8-15(9-11-21)12-14-4-2-1-3-5-14/h1-7,13,15H,8-12H2,(H,22,23). The number of piperidine rings is 1. The number of aromatic carboxylic acids is 1. The highest BCUT2D eigenvalue weighted by atomic mass is 32.2. The molecule has 5 nitrogen and oxygen atoms in total. The van der Waals surface area contributed by atoms with Crippen molar-refractivity contribution in [3.8, 4) is 0 Å². The number of halogens is 1. The quantitative estimate of drug-likeness (QED) is 0.869. The second-order valence-electron chi connectivity index (χ2n) is 6.48. The molecule has 1 aliphatic rings. The van der Waals surface area contributed by atoms with Crippen molar-refractivity contribution in [2.45, 2.75) is 24.2 Å². The number of carboxylic acid groups (broad SMARTS) is 1. The summed E-state index contributed by atoms with van der Waals surface area (Å²) in [5, 5.41) is 8.99. The van der Waals surface area contributed by atoms with E-state index >= 15 is 0 Å². The summed E-state index contributed by atoms with van der Waals surface area (Å²) in [5.41, 5.74) is 0.600. The number of sulfonamides is 1. The van der Waals surface area contributed by atoms with Crippen LogP contribution in [0.1, 0.15) is 28.8 Å². The van der Waals surface area contributed by atoms with Gasteiger partial charge in [-0.15, -0.1) is 0 Å². The maximum Gasteiger partial charge on any atom is 0.338 e. The summed E-state index contributed by atoms with van der Waals surface area (Å²) in [4.78, 5) is 10.9.